The summed E-state index contributed by atoms with van der Waals surface area (Å²) < 4.78 is 13.0. The van der Waals surface area contributed by atoms with Gasteiger partial charge in [-0.2, -0.15) is 0 Å². The topological polar surface area (TPSA) is 42.4 Å². The fourth-order valence-corrected chi connectivity index (χ4v) is 7.29. The summed E-state index contributed by atoms with van der Waals surface area (Å²) in [6.45, 7) is 0. The van der Waals surface area contributed by atoms with Crippen LogP contribution in [0.5, 0.6) is 0 Å². The summed E-state index contributed by atoms with van der Waals surface area (Å²) in [5, 5.41) is 5.64. The monoisotopic (exact) mass is 630 g/mol. The van der Waals surface area contributed by atoms with Crippen LogP contribution in [0.4, 0.5) is 17.1 Å². The Morgan fingerprint density at radius 3 is 2.24 bits per heavy atom. The molecule has 0 amide bonds. The number of aryl methyl sites for hydroxylation is 1. The Bertz CT molecular complexity index is 2730. The van der Waals surface area contributed by atoms with Crippen LogP contribution in [-0.4, -0.2) is 4.98 Å². The van der Waals surface area contributed by atoms with Crippen LogP contribution in [0.25, 0.3) is 72.3 Å². The van der Waals surface area contributed by atoms with E-state index in [1.807, 2.05) is 6.07 Å². The lowest BCUT2D eigenvalue weighted by Gasteiger charge is -2.26. The second kappa shape index (κ2) is 11.1. The summed E-state index contributed by atoms with van der Waals surface area (Å²) in [7, 11) is 0. The van der Waals surface area contributed by atoms with Gasteiger partial charge in [-0.3, -0.25) is 0 Å². The van der Waals surface area contributed by atoms with Crippen molar-refractivity contribution in [2.75, 3.05) is 4.90 Å². The van der Waals surface area contributed by atoms with E-state index in [-0.39, 0.29) is 0 Å². The zero-order chi connectivity index (χ0) is 32.3. The Hall–Kier alpha value is -6.39. The summed E-state index contributed by atoms with van der Waals surface area (Å²) >= 11 is 0. The van der Waals surface area contributed by atoms with Gasteiger partial charge in [0.1, 0.15) is 16.9 Å². The maximum atomic E-state index is 6.59. The fraction of sp³-hybridized carbons (Fsp3) is 0.0444. The number of rotatable bonds is 5. The molecule has 2 aromatic heterocycles. The summed E-state index contributed by atoms with van der Waals surface area (Å²) in [6.07, 6.45) is 6.34. The number of oxazole rings is 1. The van der Waals surface area contributed by atoms with Gasteiger partial charge in [-0.25, -0.2) is 4.98 Å². The number of hydrogen-bond acceptors (Lipinski definition) is 4. The molecule has 10 rings (SSSR count). The third-order valence-corrected chi connectivity index (χ3v) is 9.72. The molecule has 1 aliphatic rings. The highest BCUT2D eigenvalue weighted by atomic mass is 16.3. The molecule has 0 radical (unpaired) electrons. The van der Waals surface area contributed by atoms with Crippen molar-refractivity contribution in [1.29, 1.82) is 0 Å². The molecule has 4 nitrogen and oxygen atoms in total. The third-order valence-electron chi connectivity index (χ3n) is 9.72. The summed E-state index contributed by atoms with van der Waals surface area (Å²) in [5.41, 5.74) is 10.2. The third kappa shape index (κ3) is 4.72. The minimum Gasteiger partial charge on any atom is -0.456 e. The second-order valence-corrected chi connectivity index (χ2v) is 12.7. The van der Waals surface area contributed by atoms with E-state index in [4.69, 9.17) is 13.8 Å². The molecule has 0 aliphatic heterocycles. The molecular weight excluding hydrogens is 601 g/mol. The number of furan rings is 1. The van der Waals surface area contributed by atoms with Crippen molar-refractivity contribution in [3.63, 3.8) is 0 Å². The molecular formula is C45H30N2O2. The number of allylic oxidation sites excluding steroid dienone is 1. The predicted octanol–water partition coefficient (Wildman–Crippen LogP) is 12.6. The molecule has 0 unspecified atom stereocenters. The van der Waals surface area contributed by atoms with Gasteiger partial charge < -0.3 is 13.7 Å². The van der Waals surface area contributed by atoms with Crippen molar-refractivity contribution in [2.45, 2.75) is 12.8 Å². The van der Waals surface area contributed by atoms with Gasteiger partial charge in [0.05, 0.1) is 0 Å². The number of aromatic nitrogens is 1. The zero-order valence-corrected chi connectivity index (χ0v) is 26.6. The van der Waals surface area contributed by atoms with Gasteiger partial charge in [0, 0.05) is 45.0 Å². The van der Waals surface area contributed by atoms with E-state index in [2.05, 4.69) is 157 Å². The highest BCUT2D eigenvalue weighted by Gasteiger charge is 2.20. The van der Waals surface area contributed by atoms with Gasteiger partial charge in [-0.05, 0) is 101 Å². The Morgan fingerprint density at radius 2 is 1.31 bits per heavy atom. The fourth-order valence-electron chi connectivity index (χ4n) is 7.29. The summed E-state index contributed by atoms with van der Waals surface area (Å²) in [4.78, 5) is 7.25. The van der Waals surface area contributed by atoms with Gasteiger partial charge >= 0.3 is 0 Å². The molecule has 7 aromatic carbocycles. The second-order valence-electron chi connectivity index (χ2n) is 12.7. The van der Waals surface area contributed by atoms with Crippen LogP contribution >= 0.6 is 0 Å². The number of fused-ring (bicyclic) bond motifs is 7. The average molecular weight is 631 g/mol. The molecule has 4 heteroatoms. The normalized spacial score (nSPS) is 12.7. The maximum Gasteiger partial charge on any atom is 0.227 e. The van der Waals surface area contributed by atoms with Gasteiger partial charge in [0.2, 0.25) is 5.89 Å². The van der Waals surface area contributed by atoms with Crippen LogP contribution in [0.3, 0.4) is 0 Å². The van der Waals surface area contributed by atoms with Crippen molar-refractivity contribution < 1.29 is 8.83 Å². The van der Waals surface area contributed by atoms with Crippen LogP contribution in [0.15, 0.2) is 161 Å². The van der Waals surface area contributed by atoms with Gasteiger partial charge in [0.25, 0.3) is 0 Å². The molecule has 0 saturated heterocycles. The van der Waals surface area contributed by atoms with E-state index < -0.39 is 0 Å². The first-order valence-electron chi connectivity index (χ1n) is 16.8. The first-order valence-corrected chi connectivity index (χ1v) is 16.8. The molecule has 9 aromatic rings. The van der Waals surface area contributed by atoms with Crippen LogP contribution in [0.2, 0.25) is 0 Å². The van der Waals surface area contributed by atoms with E-state index in [1.165, 1.54) is 21.9 Å². The van der Waals surface area contributed by atoms with Crippen LogP contribution in [0, 0.1) is 0 Å². The number of anilines is 3. The van der Waals surface area contributed by atoms with E-state index in [9.17, 15) is 0 Å². The van der Waals surface area contributed by atoms with Gasteiger partial charge in [-0.1, -0.05) is 91.0 Å². The SMILES string of the molecule is C1=Cc2oc3cc(N(c4cccc(-c5ccccc5)c4)c4ccc5ccc6nc(-c7ccc8ccccc8c7)oc6c5c4)ccc3c2CC1. The van der Waals surface area contributed by atoms with Crippen LogP contribution in [0.1, 0.15) is 17.7 Å². The van der Waals surface area contributed by atoms with Crippen molar-refractivity contribution in [1.82, 2.24) is 4.98 Å². The molecule has 0 N–H and O–H groups in total. The first-order chi connectivity index (χ1) is 24.2. The average Bonchev–Trinajstić information content (AvgIpc) is 3.77. The Morgan fingerprint density at radius 1 is 0.531 bits per heavy atom. The Kier molecular flexibility index (Phi) is 6.28. The van der Waals surface area contributed by atoms with Gasteiger partial charge in [0.15, 0.2) is 5.58 Å². The van der Waals surface area contributed by atoms with E-state index >= 15 is 0 Å². The maximum absolute atomic E-state index is 6.59. The lowest BCUT2D eigenvalue weighted by atomic mass is 10.0. The first kappa shape index (κ1) is 27.7. The molecule has 0 spiro atoms. The molecule has 2 heterocycles. The number of hydrogen-bond donors (Lipinski definition) is 0. The zero-order valence-electron chi connectivity index (χ0n) is 26.6. The van der Waals surface area contributed by atoms with Crippen molar-refractivity contribution in [3.8, 4) is 22.6 Å². The minimum atomic E-state index is 0.618. The van der Waals surface area contributed by atoms with Crippen molar-refractivity contribution >= 4 is 66.8 Å². The molecule has 0 bridgehead atoms. The molecule has 0 saturated carbocycles. The molecule has 0 fully saturated rings. The lowest BCUT2D eigenvalue weighted by molar-refractivity contribution is 0.595. The predicted molar refractivity (Wildman–Crippen MR) is 202 cm³/mol. The number of nitrogens with zero attached hydrogens (tertiary/aromatic N) is 2. The Balaban J connectivity index is 1.15. The number of benzene rings is 7. The van der Waals surface area contributed by atoms with E-state index in [0.717, 1.165) is 79.6 Å². The molecule has 0 atom stereocenters. The summed E-state index contributed by atoms with van der Waals surface area (Å²) in [6, 6.07) is 51.3. The standard InChI is InChI=1S/C45H30N2O2/c1-2-9-29(10-3-1)33-13-8-14-35(26-33)47(37-22-23-39-38-15-6-7-16-42(38)48-43(39)28-37)36-21-19-31-20-24-41-44(40(31)27-36)49-45(46-41)34-18-17-30-11-4-5-12-32(30)25-34/h1-5,7-14,16-28H,6,15H2. The molecule has 232 valence electrons. The quantitative estimate of drug-likeness (QED) is 0.190. The molecule has 1 aliphatic carbocycles. The smallest absolute Gasteiger partial charge is 0.227 e. The Labute approximate surface area is 283 Å². The summed E-state index contributed by atoms with van der Waals surface area (Å²) in [5.74, 6) is 1.59. The van der Waals surface area contributed by atoms with Crippen molar-refractivity contribution in [3.05, 3.63) is 163 Å². The highest BCUT2D eigenvalue weighted by molar-refractivity contribution is 6.06. The van der Waals surface area contributed by atoms with E-state index in [0.29, 0.717) is 5.89 Å². The largest absolute Gasteiger partial charge is 0.456 e. The van der Waals surface area contributed by atoms with E-state index in [1.54, 1.807) is 0 Å². The highest BCUT2D eigenvalue weighted by Crippen LogP contribution is 2.42. The lowest BCUT2D eigenvalue weighted by Crippen LogP contribution is -2.10. The molecule has 49 heavy (non-hydrogen) atoms. The van der Waals surface area contributed by atoms with Crippen LogP contribution < -0.4 is 4.90 Å². The minimum absolute atomic E-state index is 0.618. The van der Waals surface area contributed by atoms with Crippen LogP contribution in [-0.2, 0) is 6.42 Å². The van der Waals surface area contributed by atoms with Gasteiger partial charge in [-0.15, -0.1) is 0 Å². The van der Waals surface area contributed by atoms with Crippen molar-refractivity contribution in [2.24, 2.45) is 0 Å².